The molecule has 1 aromatic carbocycles. The van der Waals surface area contributed by atoms with E-state index in [0.29, 0.717) is 30.7 Å². The molecule has 0 spiro atoms. The summed E-state index contributed by atoms with van der Waals surface area (Å²) in [6, 6.07) is 7.46. The molecule has 1 saturated heterocycles. The summed E-state index contributed by atoms with van der Waals surface area (Å²) in [5.74, 6) is 0.847. The summed E-state index contributed by atoms with van der Waals surface area (Å²) in [5, 5.41) is 9.75. The molecule has 0 bridgehead atoms. The predicted molar refractivity (Wildman–Crippen MR) is 135 cm³/mol. The fraction of sp³-hybridized carbons (Fsp3) is 0.607. The van der Waals surface area contributed by atoms with Gasteiger partial charge in [-0.2, -0.15) is 14.0 Å². The third-order valence-corrected chi connectivity index (χ3v) is 6.26. The van der Waals surface area contributed by atoms with Crippen molar-refractivity contribution in [1.82, 2.24) is 4.90 Å². The number of likely N-dealkylation sites (tertiary alicyclic amines) is 1. The number of hydrogen-bond donors (Lipinski definition) is 0. The van der Waals surface area contributed by atoms with Gasteiger partial charge < -0.3 is 9.47 Å². The molecule has 190 valence electrons. The fourth-order valence-electron chi connectivity index (χ4n) is 4.08. The van der Waals surface area contributed by atoms with Crippen LogP contribution in [-0.4, -0.2) is 38.3 Å². The Hall–Kier alpha value is -2.39. The molecule has 0 aromatic heterocycles. The molecule has 0 saturated carbocycles. The van der Waals surface area contributed by atoms with E-state index in [0.717, 1.165) is 18.7 Å². The van der Waals surface area contributed by atoms with Crippen LogP contribution in [0.2, 0.25) is 0 Å². The highest BCUT2D eigenvalue weighted by molar-refractivity contribution is 5.42. The van der Waals surface area contributed by atoms with Crippen LogP contribution >= 0.6 is 0 Å². The van der Waals surface area contributed by atoms with Crippen LogP contribution in [0.1, 0.15) is 76.3 Å². The number of methoxy groups -OCH3 is 1. The van der Waals surface area contributed by atoms with Crippen molar-refractivity contribution < 1.29 is 18.3 Å². The molecule has 1 aliphatic heterocycles. The molecule has 1 fully saturated rings. The first-order valence-electron chi connectivity index (χ1n) is 12.2. The van der Waals surface area contributed by atoms with Crippen LogP contribution in [0.25, 0.3) is 0 Å². The normalized spacial score (nSPS) is 15.1. The number of allylic oxidation sites excluding steroid dienone is 1. The van der Waals surface area contributed by atoms with Crippen LogP contribution in [0.15, 0.2) is 42.7 Å². The van der Waals surface area contributed by atoms with Gasteiger partial charge in [-0.15, -0.1) is 6.58 Å². The SMILES string of the molecule is C=C(C)CCCCCCC.C=C(CN1CCC(C#N)(c2ccc(OC(F)F)c(C)c2)CC1)OC. The van der Waals surface area contributed by atoms with E-state index in [4.69, 9.17) is 4.74 Å². The predicted octanol–water partition coefficient (Wildman–Crippen LogP) is 7.54. The maximum atomic E-state index is 12.4. The highest BCUT2D eigenvalue weighted by Crippen LogP contribution is 2.37. The van der Waals surface area contributed by atoms with Crippen LogP contribution in [0.5, 0.6) is 5.75 Å². The number of nitrogens with zero attached hydrogens (tertiary/aromatic N) is 2. The molecular weight excluding hydrogens is 434 g/mol. The number of aryl methyl sites for hydroxylation is 1. The van der Waals surface area contributed by atoms with E-state index in [-0.39, 0.29) is 5.75 Å². The quantitative estimate of drug-likeness (QED) is 0.178. The molecule has 4 nitrogen and oxygen atoms in total. The summed E-state index contributed by atoms with van der Waals surface area (Å²) in [4.78, 5) is 2.20. The number of nitriles is 1. The third-order valence-electron chi connectivity index (χ3n) is 6.26. The van der Waals surface area contributed by atoms with Gasteiger partial charge in [0.1, 0.15) is 11.5 Å². The zero-order chi connectivity index (χ0) is 25.6. The van der Waals surface area contributed by atoms with Crippen LogP contribution in [0.3, 0.4) is 0 Å². The second kappa shape index (κ2) is 15.5. The lowest BCUT2D eigenvalue weighted by molar-refractivity contribution is -0.0503. The van der Waals surface area contributed by atoms with Crippen LogP contribution < -0.4 is 4.74 Å². The molecule has 34 heavy (non-hydrogen) atoms. The Balaban J connectivity index is 0.000000489. The summed E-state index contributed by atoms with van der Waals surface area (Å²) in [5.41, 5.74) is 2.20. The lowest BCUT2D eigenvalue weighted by atomic mass is 9.73. The van der Waals surface area contributed by atoms with E-state index in [2.05, 4.69) is 42.7 Å². The standard InChI is InChI=1S/C18H22F2N2O2.C10H20/c1-13-10-15(4-5-16(13)24-17(19)20)18(12-21)6-8-22(9-7-18)11-14(2)23-3;1-4-5-6-7-8-9-10(2)3/h4-5,10,17H,2,6-9,11H2,1,3H3;2,4-9H2,1,3H3. The van der Waals surface area contributed by atoms with E-state index >= 15 is 0 Å². The smallest absolute Gasteiger partial charge is 0.387 e. The first-order chi connectivity index (χ1) is 16.2. The Bertz CT molecular complexity index is 809. The molecule has 1 heterocycles. The molecular formula is C28H42F2N2O2. The Morgan fingerprint density at radius 2 is 1.82 bits per heavy atom. The summed E-state index contributed by atoms with van der Waals surface area (Å²) < 4.78 is 34.3. The van der Waals surface area contributed by atoms with E-state index < -0.39 is 12.0 Å². The van der Waals surface area contributed by atoms with Crippen molar-refractivity contribution >= 4 is 0 Å². The number of hydrogen-bond acceptors (Lipinski definition) is 4. The number of ether oxygens (including phenoxy) is 2. The molecule has 0 radical (unpaired) electrons. The van der Waals surface area contributed by atoms with Gasteiger partial charge in [0.05, 0.1) is 25.1 Å². The largest absolute Gasteiger partial charge is 0.500 e. The summed E-state index contributed by atoms with van der Waals surface area (Å²) in [6.45, 7) is 13.1. The minimum atomic E-state index is -2.85. The summed E-state index contributed by atoms with van der Waals surface area (Å²) in [6.07, 6.45) is 9.46. The van der Waals surface area contributed by atoms with Gasteiger partial charge in [0.2, 0.25) is 0 Å². The molecule has 2 rings (SSSR count). The maximum absolute atomic E-state index is 12.4. The minimum Gasteiger partial charge on any atom is -0.500 e. The van der Waals surface area contributed by atoms with Crippen molar-refractivity contribution in [2.45, 2.75) is 84.2 Å². The number of piperidine rings is 1. The Morgan fingerprint density at radius 1 is 1.18 bits per heavy atom. The lowest BCUT2D eigenvalue weighted by Crippen LogP contribution is -2.42. The highest BCUT2D eigenvalue weighted by atomic mass is 19.3. The zero-order valence-corrected chi connectivity index (χ0v) is 21.5. The van der Waals surface area contributed by atoms with E-state index in [1.807, 2.05) is 0 Å². The second-order valence-corrected chi connectivity index (χ2v) is 9.19. The number of halogens is 2. The minimum absolute atomic E-state index is 0.149. The fourth-order valence-corrected chi connectivity index (χ4v) is 4.08. The zero-order valence-electron chi connectivity index (χ0n) is 21.5. The number of alkyl halides is 2. The highest BCUT2D eigenvalue weighted by Gasteiger charge is 2.37. The van der Waals surface area contributed by atoms with Crippen LogP contribution in [-0.2, 0) is 10.2 Å². The van der Waals surface area contributed by atoms with Crippen molar-refractivity contribution in [3.05, 3.63) is 53.8 Å². The molecule has 0 unspecified atom stereocenters. The molecule has 0 N–H and O–H groups in total. The number of rotatable bonds is 12. The molecule has 0 aliphatic carbocycles. The number of benzene rings is 1. The van der Waals surface area contributed by atoms with E-state index in [9.17, 15) is 14.0 Å². The molecule has 0 amide bonds. The summed E-state index contributed by atoms with van der Waals surface area (Å²) in [7, 11) is 1.59. The molecule has 0 atom stereocenters. The van der Waals surface area contributed by atoms with Gasteiger partial charge in [0.15, 0.2) is 0 Å². The van der Waals surface area contributed by atoms with Gasteiger partial charge in [-0.3, -0.25) is 4.90 Å². The van der Waals surface area contributed by atoms with Gasteiger partial charge >= 0.3 is 6.61 Å². The van der Waals surface area contributed by atoms with Gasteiger partial charge in [0.25, 0.3) is 0 Å². The lowest BCUT2D eigenvalue weighted by Gasteiger charge is -2.37. The van der Waals surface area contributed by atoms with E-state index in [1.165, 1.54) is 50.2 Å². The van der Waals surface area contributed by atoms with Crippen molar-refractivity contribution in [3.8, 4) is 11.8 Å². The molecule has 1 aromatic rings. The van der Waals surface area contributed by atoms with Gasteiger partial charge in [-0.25, -0.2) is 0 Å². The van der Waals surface area contributed by atoms with Gasteiger partial charge in [-0.05, 0) is 56.7 Å². The van der Waals surface area contributed by atoms with Crippen LogP contribution in [0.4, 0.5) is 8.78 Å². The maximum Gasteiger partial charge on any atom is 0.387 e. The van der Waals surface area contributed by atoms with Crippen molar-refractivity contribution in [1.29, 1.82) is 5.26 Å². The van der Waals surface area contributed by atoms with E-state index in [1.54, 1.807) is 26.2 Å². The van der Waals surface area contributed by atoms with Gasteiger partial charge in [0, 0.05) is 13.1 Å². The van der Waals surface area contributed by atoms with Crippen molar-refractivity contribution in [2.75, 3.05) is 26.7 Å². The average molecular weight is 477 g/mol. The first-order valence-corrected chi connectivity index (χ1v) is 12.2. The molecule has 6 heteroatoms. The summed E-state index contributed by atoms with van der Waals surface area (Å²) >= 11 is 0. The van der Waals surface area contributed by atoms with Gasteiger partial charge in [-0.1, -0.05) is 56.9 Å². The Labute approximate surface area is 205 Å². The van der Waals surface area contributed by atoms with Crippen LogP contribution in [0, 0.1) is 18.3 Å². The topological polar surface area (TPSA) is 45.5 Å². The van der Waals surface area contributed by atoms with Crippen molar-refractivity contribution in [3.63, 3.8) is 0 Å². The molecule has 1 aliphatic rings. The third kappa shape index (κ3) is 10.3. The monoisotopic (exact) mass is 476 g/mol. The second-order valence-electron chi connectivity index (χ2n) is 9.19. The number of unbranched alkanes of at least 4 members (excludes halogenated alkanes) is 4. The Morgan fingerprint density at radius 3 is 2.32 bits per heavy atom. The van der Waals surface area contributed by atoms with Crippen molar-refractivity contribution in [2.24, 2.45) is 0 Å². The first kappa shape index (κ1) is 29.6. The Kier molecular flexibility index (Phi) is 13.5. The average Bonchev–Trinajstić information content (AvgIpc) is 2.81.